The Morgan fingerprint density at radius 3 is 2.30 bits per heavy atom. The molecule has 1 N–H and O–H groups in total. The standard InChI is InChI=1S/C17H26N2O3S/c1-6-19(11-15(21)18-17(3,4)5)16(22)10-8-13(20)14-9-7-12(2)23-14/h7,9H,6,8,10-11H2,1-5H3,(H,18,21). The molecule has 1 aromatic heterocycles. The van der Waals surface area contributed by atoms with Gasteiger partial charge in [-0.1, -0.05) is 0 Å². The van der Waals surface area contributed by atoms with Gasteiger partial charge >= 0.3 is 0 Å². The molecule has 128 valence electrons. The van der Waals surface area contributed by atoms with Crippen molar-refractivity contribution in [1.29, 1.82) is 0 Å². The Balaban J connectivity index is 2.50. The first-order valence-corrected chi connectivity index (χ1v) is 8.62. The van der Waals surface area contributed by atoms with Gasteiger partial charge in [0.25, 0.3) is 0 Å². The van der Waals surface area contributed by atoms with Crippen molar-refractivity contribution in [2.75, 3.05) is 13.1 Å². The van der Waals surface area contributed by atoms with Crippen LogP contribution in [0.4, 0.5) is 0 Å². The summed E-state index contributed by atoms with van der Waals surface area (Å²) in [6.45, 7) is 9.92. The van der Waals surface area contributed by atoms with Gasteiger partial charge < -0.3 is 10.2 Å². The van der Waals surface area contributed by atoms with Crippen molar-refractivity contribution in [3.05, 3.63) is 21.9 Å². The van der Waals surface area contributed by atoms with E-state index in [4.69, 9.17) is 0 Å². The second-order valence-electron chi connectivity index (χ2n) is 6.54. The summed E-state index contributed by atoms with van der Waals surface area (Å²) >= 11 is 1.44. The average molecular weight is 338 g/mol. The Kier molecular flexibility index (Phi) is 6.94. The zero-order valence-electron chi connectivity index (χ0n) is 14.6. The van der Waals surface area contributed by atoms with Crippen molar-refractivity contribution < 1.29 is 14.4 Å². The number of ketones is 1. The highest BCUT2D eigenvalue weighted by Crippen LogP contribution is 2.17. The predicted octanol–water partition coefficient (Wildman–Crippen LogP) is 2.78. The van der Waals surface area contributed by atoms with E-state index in [0.717, 1.165) is 4.88 Å². The molecular formula is C17H26N2O3S. The normalized spacial score (nSPS) is 11.2. The van der Waals surface area contributed by atoms with Crippen molar-refractivity contribution in [3.8, 4) is 0 Å². The Morgan fingerprint density at radius 1 is 1.17 bits per heavy atom. The van der Waals surface area contributed by atoms with Crippen LogP contribution in [0.2, 0.25) is 0 Å². The summed E-state index contributed by atoms with van der Waals surface area (Å²) in [5.41, 5.74) is -0.327. The van der Waals surface area contributed by atoms with E-state index in [1.807, 2.05) is 40.7 Å². The highest BCUT2D eigenvalue weighted by atomic mass is 32.1. The third-order valence-electron chi connectivity index (χ3n) is 3.16. The molecule has 0 fully saturated rings. The maximum atomic E-state index is 12.2. The van der Waals surface area contributed by atoms with Gasteiger partial charge in [-0.25, -0.2) is 0 Å². The van der Waals surface area contributed by atoms with Crippen molar-refractivity contribution >= 4 is 28.9 Å². The largest absolute Gasteiger partial charge is 0.350 e. The monoisotopic (exact) mass is 338 g/mol. The van der Waals surface area contributed by atoms with Crippen molar-refractivity contribution in [3.63, 3.8) is 0 Å². The zero-order chi connectivity index (χ0) is 17.6. The Labute approximate surface area is 142 Å². The van der Waals surface area contributed by atoms with Gasteiger partial charge in [0.05, 0.1) is 11.4 Å². The van der Waals surface area contributed by atoms with Gasteiger partial charge in [0.2, 0.25) is 11.8 Å². The summed E-state index contributed by atoms with van der Waals surface area (Å²) < 4.78 is 0. The van der Waals surface area contributed by atoms with Crippen LogP contribution in [0.25, 0.3) is 0 Å². The topological polar surface area (TPSA) is 66.5 Å². The number of amides is 2. The minimum atomic E-state index is -0.327. The lowest BCUT2D eigenvalue weighted by atomic mass is 10.1. The third-order valence-corrected chi connectivity index (χ3v) is 4.21. The summed E-state index contributed by atoms with van der Waals surface area (Å²) in [4.78, 5) is 39.4. The van der Waals surface area contributed by atoms with Crippen LogP contribution in [0.5, 0.6) is 0 Å². The van der Waals surface area contributed by atoms with Gasteiger partial charge in [-0.2, -0.15) is 0 Å². The second kappa shape index (κ2) is 8.24. The molecule has 1 heterocycles. The number of Topliss-reactive ketones (excluding diaryl/α,β-unsaturated/α-hetero) is 1. The van der Waals surface area contributed by atoms with Crippen LogP contribution in [-0.4, -0.2) is 41.1 Å². The first kappa shape index (κ1) is 19.4. The lowest BCUT2D eigenvalue weighted by Gasteiger charge is -2.25. The Bertz CT molecular complexity index is 573. The number of hydrogen-bond acceptors (Lipinski definition) is 4. The number of nitrogens with zero attached hydrogens (tertiary/aromatic N) is 1. The third kappa shape index (κ3) is 6.95. The molecule has 0 unspecified atom stereocenters. The van der Waals surface area contributed by atoms with E-state index in [0.29, 0.717) is 11.4 Å². The molecular weight excluding hydrogens is 312 g/mol. The van der Waals surface area contributed by atoms with Gasteiger partial charge in [0.15, 0.2) is 5.78 Å². The molecule has 23 heavy (non-hydrogen) atoms. The first-order chi connectivity index (χ1) is 10.6. The summed E-state index contributed by atoms with van der Waals surface area (Å²) in [5.74, 6) is -0.377. The highest BCUT2D eigenvalue weighted by molar-refractivity contribution is 7.14. The molecule has 1 aromatic rings. The number of aryl methyl sites for hydroxylation is 1. The fraction of sp³-hybridized carbons (Fsp3) is 0.588. The lowest BCUT2D eigenvalue weighted by Crippen LogP contribution is -2.47. The van der Waals surface area contributed by atoms with Gasteiger partial charge in [-0.3, -0.25) is 14.4 Å². The van der Waals surface area contributed by atoms with E-state index in [1.165, 1.54) is 16.2 Å². The van der Waals surface area contributed by atoms with Gasteiger partial charge in [-0.05, 0) is 46.8 Å². The number of carbonyl (C=O) groups excluding carboxylic acids is 3. The molecule has 0 aliphatic carbocycles. The van der Waals surface area contributed by atoms with Crippen LogP contribution in [0.3, 0.4) is 0 Å². The van der Waals surface area contributed by atoms with Crippen LogP contribution in [-0.2, 0) is 9.59 Å². The van der Waals surface area contributed by atoms with Gasteiger partial charge in [-0.15, -0.1) is 11.3 Å². The molecule has 0 aliphatic heterocycles. The van der Waals surface area contributed by atoms with E-state index < -0.39 is 0 Å². The fourth-order valence-corrected chi connectivity index (χ4v) is 2.93. The minimum Gasteiger partial charge on any atom is -0.350 e. The van der Waals surface area contributed by atoms with Crippen LogP contribution in [0.1, 0.15) is 55.1 Å². The zero-order valence-corrected chi connectivity index (χ0v) is 15.4. The number of hydrogen-bond donors (Lipinski definition) is 1. The van der Waals surface area contributed by atoms with E-state index >= 15 is 0 Å². The molecule has 0 saturated carbocycles. The summed E-state index contributed by atoms with van der Waals surface area (Å²) in [5, 5.41) is 2.83. The number of likely N-dealkylation sites (N-methyl/N-ethyl adjacent to an activating group) is 1. The summed E-state index contributed by atoms with van der Waals surface area (Å²) in [6, 6.07) is 3.69. The first-order valence-electron chi connectivity index (χ1n) is 7.81. The predicted molar refractivity (Wildman–Crippen MR) is 92.8 cm³/mol. The lowest BCUT2D eigenvalue weighted by molar-refractivity contribution is -0.136. The maximum absolute atomic E-state index is 12.2. The summed E-state index contributed by atoms with van der Waals surface area (Å²) in [6.07, 6.45) is 0.308. The second-order valence-corrected chi connectivity index (χ2v) is 7.83. The molecule has 5 nitrogen and oxygen atoms in total. The van der Waals surface area contributed by atoms with E-state index in [-0.39, 0.29) is 42.5 Å². The maximum Gasteiger partial charge on any atom is 0.240 e. The van der Waals surface area contributed by atoms with Crippen molar-refractivity contribution in [2.45, 2.75) is 53.0 Å². The number of carbonyl (C=O) groups is 3. The van der Waals surface area contributed by atoms with Gasteiger partial charge in [0, 0.05) is 29.8 Å². The van der Waals surface area contributed by atoms with Crippen LogP contribution in [0, 0.1) is 6.92 Å². The molecule has 2 amide bonds. The molecule has 0 bridgehead atoms. The molecule has 0 aromatic carbocycles. The van der Waals surface area contributed by atoms with Crippen molar-refractivity contribution in [1.82, 2.24) is 10.2 Å². The molecule has 6 heteroatoms. The molecule has 0 atom stereocenters. The quantitative estimate of drug-likeness (QED) is 0.778. The fourth-order valence-electron chi connectivity index (χ4n) is 2.09. The van der Waals surface area contributed by atoms with E-state index in [9.17, 15) is 14.4 Å². The molecule has 0 saturated heterocycles. The number of nitrogens with one attached hydrogen (secondary N) is 1. The molecule has 0 radical (unpaired) electrons. The summed E-state index contributed by atoms with van der Waals surface area (Å²) in [7, 11) is 0. The van der Waals surface area contributed by atoms with E-state index in [2.05, 4.69) is 5.32 Å². The van der Waals surface area contributed by atoms with Crippen LogP contribution in [0.15, 0.2) is 12.1 Å². The Hall–Kier alpha value is -1.69. The minimum absolute atomic E-state index is 0.0216. The average Bonchev–Trinajstić information content (AvgIpc) is 2.86. The smallest absolute Gasteiger partial charge is 0.240 e. The molecule has 0 spiro atoms. The van der Waals surface area contributed by atoms with E-state index in [1.54, 1.807) is 6.07 Å². The Morgan fingerprint density at radius 2 is 1.83 bits per heavy atom. The molecule has 0 aliphatic rings. The number of rotatable bonds is 7. The highest BCUT2D eigenvalue weighted by Gasteiger charge is 2.20. The SMILES string of the molecule is CCN(CC(=O)NC(C)(C)C)C(=O)CCC(=O)c1ccc(C)s1. The van der Waals surface area contributed by atoms with Crippen LogP contribution >= 0.6 is 11.3 Å². The van der Waals surface area contributed by atoms with Gasteiger partial charge in [0.1, 0.15) is 0 Å². The van der Waals surface area contributed by atoms with Crippen molar-refractivity contribution in [2.24, 2.45) is 0 Å². The molecule has 1 rings (SSSR count). The number of thiophene rings is 1. The van der Waals surface area contributed by atoms with Crippen LogP contribution < -0.4 is 5.32 Å².